The van der Waals surface area contributed by atoms with Crippen LogP contribution in [0.2, 0.25) is 0 Å². The number of hydrogen-bond acceptors (Lipinski definition) is 3. The van der Waals surface area contributed by atoms with Gasteiger partial charge in [0.2, 0.25) is 0 Å². The predicted octanol–water partition coefficient (Wildman–Crippen LogP) is 0.258. The number of hydrogen-bond donors (Lipinski definition) is 1. The molecule has 2 fully saturated rings. The van der Waals surface area contributed by atoms with E-state index in [1.54, 1.807) is 8.61 Å². The Kier molecular flexibility index (Phi) is 4.41. The molecule has 0 bridgehead atoms. The Morgan fingerprint density at radius 2 is 1.88 bits per heavy atom. The van der Waals surface area contributed by atoms with Crippen molar-refractivity contribution in [3.05, 3.63) is 0 Å². The van der Waals surface area contributed by atoms with Crippen LogP contribution in [0.5, 0.6) is 0 Å². The molecule has 0 aromatic rings. The molecule has 0 aromatic heterocycles. The van der Waals surface area contributed by atoms with Crippen LogP contribution in [0.1, 0.15) is 26.2 Å². The van der Waals surface area contributed by atoms with Crippen molar-refractivity contribution >= 4 is 10.2 Å². The number of nitrogens with one attached hydrogen (secondary N) is 1. The fourth-order valence-corrected chi connectivity index (χ4v) is 4.39. The van der Waals surface area contributed by atoms with Crippen molar-refractivity contribution in [2.24, 2.45) is 5.92 Å². The molecule has 100 valence electrons. The first-order valence-corrected chi connectivity index (χ1v) is 8.00. The van der Waals surface area contributed by atoms with Crippen LogP contribution >= 0.6 is 0 Å². The van der Waals surface area contributed by atoms with Gasteiger partial charge in [-0.05, 0) is 18.8 Å². The van der Waals surface area contributed by atoms with Gasteiger partial charge >= 0.3 is 0 Å². The summed E-state index contributed by atoms with van der Waals surface area (Å²) in [5.74, 6) is 0.567. The quantitative estimate of drug-likeness (QED) is 0.790. The molecule has 2 saturated heterocycles. The van der Waals surface area contributed by atoms with Gasteiger partial charge in [0, 0.05) is 39.3 Å². The molecular formula is C11H23N3O2S. The predicted molar refractivity (Wildman–Crippen MR) is 68.0 cm³/mol. The fraction of sp³-hybridized carbons (Fsp3) is 1.00. The second-order valence-corrected chi connectivity index (χ2v) is 6.89. The largest absolute Gasteiger partial charge is 0.314 e. The standard InChI is InChI=1S/C11H23N3O2S/c1-2-3-11-4-7-14(10-11)17(15,16)13-8-5-12-6-9-13/h11-12H,2-10H2,1H3. The van der Waals surface area contributed by atoms with Crippen molar-refractivity contribution in [2.45, 2.75) is 26.2 Å². The maximum Gasteiger partial charge on any atom is 0.282 e. The summed E-state index contributed by atoms with van der Waals surface area (Å²) in [7, 11) is -3.19. The first kappa shape index (κ1) is 13.3. The normalized spacial score (nSPS) is 28.6. The molecule has 6 heteroatoms. The summed E-state index contributed by atoms with van der Waals surface area (Å²) >= 11 is 0. The summed E-state index contributed by atoms with van der Waals surface area (Å²) in [4.78, 5) is 0. The van der Waals surface area contributed by atoms with E-state index in [2.05, 4.69) is 12.2 Å². The zero-order chi connectivity index (χ0) is 12.3. The second kappa shape index (κ2) is 5.65. The zero-order valence-corrected chi connectivity index (χ0v) is 11.4. The summed E-state index contributed by atoms with van der Waals surface area (Å²) in [5.41, 5.74) is 0. The van der Waals surface area contributed by atoms with Gasteiger partial charge in [0.05, 0.1) is 0 Å². The van der Waals surface area contributed by atoms with Gasteiger partial charge in [0.1, 0.15) is 0 Å². The van der Waals surface area contributed by atoms with Crippen LogP contribution in [0, 0.1) is 5.92 Å². The molecule has 1 unspecified atom stereocenters. The van der Waals surface area contributed by atoms with Crippen molar-refractivity contribution < 1.29 is 8.42 Å². The fourth-order valence-electron chi connectivity index (χ4n) is 2.69. The topological polar surface area (TPSA) is 52.7 Å². The summed E-state index contributed by atoms with van der Waals surface area (Å²) in [6, 6.07) is 0. The van der Waals surface area contributed by atoms with Gasteiger partial charge in [0.25, 0.3) is 10.2 Å². The smallest absolute Gasteiger partial charge is 0.282 e. The van der Waals surface area contributed by atoms with Gasteiger partial charge < -0.3 is 5.32 Å². The third kappa shape index (κ3) is 2.99. The molecule has 17 heavy (non-hydrogen) atoms. The number of nitrogens with zero attached hydrogens (tertiary/aromatic N) is 2. The molecule has 0 radical (unpaired) electrons. The highest BCUT2D eigenvalue weighted by Gasteiger charge is 2.35. The Labute approximate surface area is 104 Å². The van der Waals surface area contributed by atoms with E-state index in [1.165, 1.54) is 0 Å². The lowest BCUT2D eigenvalue weighted by molar-refractivity contribution is 0.323. The Morgan fingerprint density at radius 3 is 2.53 bits per heavy atom. The second-order valence-electron chi connectivity index (χ2n) is 4.96. The summed E-state index contributed by atoms with van der Waals surface area (Å²) in [6.45, 7) is 6.34. The lowest BCUT2D eigenvalue weighted by Crippen LogP contribution is -2.51. The highest BCUT2D eigenvalue weighted by molar-refractivity contribution is 7.86. The highest BCUT2D eigenvalue weighted by Crippen LogP contribution is 2.24. The third-order valence-electron chi connectivity index (χ3n) is 3.67. The lowest BCUT2D eigenvalue weighted by atomic mass is 10.0. The molecule has 2 aliphatic rings. The molecule has 1 N–H and O–H groups in total. The Morgan fingerprint density at radius 1 is 1.18 bits per heavy atom. The molecule has 0 amide bonds. The van der Waals surface area contributed by atoms with Crippen LogP contribution < -0.4 is 5.32 Å². The third-order valence-corrected chi connectivity index (χ3v) is 5.68. The van der Waals surface area contributed by atoms with Gasteiger partial charge in [0.15, 0.2) is 0 Å². The maximum atomic E-state index is 12.4. The summed E-state index contributed by atoms with van der Waals surface area (Å²) in [5, 5.41) is 3.18. The van der Waals surface area contributed by atoms with Crippen LogP contribution in [0.15, 0.2) is 0 Å². The minimum Gasteiger partial charge on any atom is -0.314 e. The van der Waals surface area contributed by atoms with Gasteiger partial charge in [-0.25, -0.2) is 0 Å². The van der Waals surface area contributed by atoms with Crippen LogP contribution in [0.4, 0.5) is 0 Å². The summed E-state index contributed by atoms with van der Waals surface area (Å²) < 4.78 is 28.0. The molecule has 0 saturated carbocycles. The molecular weight excluding hydrogens is 238 g/mol. The minimum atomic E-state index is -3.19. The Balaban J connectivity index is 1.96. The first-order chi connectivity index (χ1) is 8.14. The van der Waals surface area contributed by atoms with E-state index in [-0.39, 0.29) is 0 Å². The van der Waals surface area contributed by atoms with E-state index in [9.17, 15) is 8.42 Å². The van der Waals surface area contributed by atoms with E-state index in [0.717, 1.165) is 38.9 Å². The first-order valence-electron chi connectivity index (χ1n) is 6.60. The average Bonchev–Trinajstić information content (AvgIpc) is 2.80. The van der Waals surface area contributed by atoms with Crippen molar-refractivity contribution in [1.29, 1.82) is 0 Å². The van der Waals surface area contributed by atoms with Crippen molar-refractivity contribution in [2.75, 3.05) is 39.3 Å². The molecule has 0 aliphatic carbocycles. The van der Waals surface area contributed by atoms with Crippen LogP contribution in [-0.2, 0) is 10.2 Å². The molecule has 2 heterocycles. The van der Waals surface area contributed by atoms with E-state index in [0.29, 0.717) is 25.6 Å². The zero-order valence-electron chi connectivity index (χ0n) is 10.6. The van der Waals surface area contributed by atoms with E-state index >= 15 is 0 Å². The lowest BCUT2D eigenvalue weighted by Gasteiger charge is -2.30. The van der Waals surface area contributed by atoms with Crippen molar-refractivity contribution in [3.8, 4) is 0 Å². The Hall–Kier alpha value is -0.170. The molecule has 0 aromatic carbocycles. The number of piperazine rings is 1. The van der Waals surface area contributed by atoms with Crippen LogP contribution in [0.25, 0.3) is 0 Å². The van der Waals surface area contributed by atoms with Gasteiger partial charge in [-0.15, -0.1) is 0 Å². The maximum absolute atomic E-state index is 12.4. The van der Waals surface area contributed by atoms with Gasteiger partial charge in [-0.3, -0.25) is 0 Å². The van der Waals surface area contributed by atoms with Crippen molar-refractivity contribution in [3.63, 3.8) is 0 Å². The van der Waals surface area contributed by atoms with Crippen molar-refractivity contribution in [1.82, 2.24) is 13.9 Å². The monoisotopic (exact) mass is 261 g/mol. The highest BCUT2D eigenvalue weighted by atomic mass is 32.2. The van der Waals surface area contributed by atoms with Gasteiger partial charge in [-0.1, -0.05) is 13.3 Å². The average molecular weight is 261 g/mol. The molecule has 5 nitrogen and oxygen atoms in total. The molecule has 2 aliphatic heterocycles. The SMILES string of the molecule is CCCC1CCN(S(=O)(=O)N2CCNCC2)C1. The van der Waals surface area contributed by atoms with Crippen LogP contribution in [0.3, 0.4) is 0 Å². The minimum absolute atomic E-state index is 0.567. The number of rotatable bonds is 4. The van der Waals surface area contributed by atoms with Crippen LogP contribution in [-0.4, -0.2) is 56.3 Å². The summed E-state index contributed by atoms with van der Waals surface area (Å²) in [6.07, 6.45) is 3.32. The van der Waals surface area contributed by atoms with E-state index in [4.69, 9.17) is 0 Å². The van der Waals surface area contributed by atoms with Gasteiger partial charge in [-0.2, -0.15) is 17.0 Å². The van der Waals surface area contributed by atoms with E-state index < -0.39 is 10.2 Å². The van der Waals surface area contributed by atoms with E-state index in [1.807, 2.05) is 0 Å². The molecule has 1 atom stereocenters. The molecule has 0 spiro atoms. The Bertz CT molecular complexity index is 339. The molecule has 2 rings (SSSR count).